The van der Waals surface area contributed by atoms with E-state index < -0.39 is 0 Å². The molecule has 1 aliphatic heterocycles. The van der Waals surface area contributed by atoms with Gasteiger partial charge in [0.2, 0.25) is 11.8 Å². The number of carbonyl (C=O) groups excluding carboxylic acids is 1. The van der Waals surface area contributed by atoms with E-state index in [0.717, 1.165) is 42.9 Å². The molecule has 1 amide bonds. The third-order valence-corrected chi connectivity index (χ3v) is 4.74. The van der Waals surface area contributed by atoms with Crippen molar-refractivity contribution in [3.05, 3.63) is 11.3 Å². The van der Waals surface area contributed by atoms with Crippen molar-refractivity contribution >= 4 is 5.91 Å². The summed E-state index contributed by atoms with van der Waals surface area (Å²) < 4.78 is 12.3. The first-order chi connectivity index (χ1) is 11.5. The van der Waals surface area contributed by atoms with Crippen molar-refractivity contribution < 1.29 is 14.3 Å². The number of aryl methyl sites for hydroxylation is 2. The van der Waals surface area contributed by atoms with E-state index in [1.807, 2.05) is 20.9 Å². The Bertz CT molecular complexity index is 558. The topological polar surface area (TPSA) is 68.6 Å². The summed E-state index contributed by atoms with van der Waals surface area (Å²) in [7, 11) is 5.23. The van der Waals surface area contributed by atoms with Gasteiger partial charge in [0.15, 0.2) is 0 Å². The monoisotopic (exact) mass is 338 g/mol. The Morgan fingerprint density at radius 2 is 2.21 bits per heavy atom. The van der Waals surface area contributed by atoms with Crippen LogP contribution in [0.4, 0.5) is 0 Å². The zero-order valence-electron chi connectivity index (χ0n) is 15.5. The number of nitrogens with zero attached hydrogens (tertiary/aromatic N) is 3. The molecule has 1 aliphatic rings. The lowest BCUT2D eigenvalue weighted by atomic mass is 10.0. The van der Waals surface area contributed by atoms with Gasteiger partial charge in [-0.25, -0.2) is 4.68 Å². The molecule has 1 aromatic rings. The van der Waals surface area contributed by atoms with Crippen LogP contribution in [0.15, 0.2) is 0 Å². The summed E-state index contributed by atoms with van der Waals surface area (Å²) in [5.41, 5.74) is 2.08. The maximum absolute atomic E-state index is 12.5. The second-order valence-corrected chi connectivity index (χ2v) is 6.34. The van der Waals surface area contributed by atoms with Gasteiger partial charge in [-0.2, -0.15) is 5.10 Å². The van der Waals surface area contributed by atoms with E-state index in [1.165, 1.54) is 0 Å². The summed E-state index contributed by atoms with van der Waals surface area (Å²) in [6, 6.07) is -0.00210. The average Bonchev–Trinajstić information content (AvgIpc) is 3.13. The number of carbonyl (C=O) groups is 1. The Labute approximate surface area is 144 Å². The van der Waals surface area contributed by atoms with Crippen LogP contribution in [0, 0.1) is 6.92 Å². The van der Waals surface area contributed by atoms with Crippen LogP contribution in [-0.2, 0) is 16.6 Å². The van der Waals surface area contributed by atoms with Crippen LogP contribution in [-0.4, -0.2) is 60.5 Å². The molecule has 1 N–H and O–H groups in total. The van der Waals surface area contributed by atoms with Crippen molar-refractivity contribution in [1.29, 1.82) is 0 Å². The average molecular weight is 338 g/mol. The molecule has 0 spiro atoms. The molecule has 0 bridgehead atoms. The normalized spacial score (nSPS) is 19.5. The van der Waals surface area contributed by atoms with Crippen molar-refractivity contribution in [3.8, 4) is 5.88 Å². The standard InChI is InChI=1S/C17H30N4O3/c1-12-15(17(24-5)20(3)19-12)14-8-6-10-21(14)13(2)16(22)18-9-7-11-23-4/h13-14H,6-11H2,1-5H3,(H,18,22)/t13-,14+/m1/s1. The van der Waals surface area contributed by atoms with Crippen LogP contribution in [0.3, 0.4) is 0 Å². The smallest absolute Gasteiger partial charge is 0.237 e. The molecule has 1 saturated heterocycles. The van der Waals surface area contributed by atoms with Gasteiger partial charge in [0.1, 0.15) is 0 Å². The van der Waals surface area contributed by atoms with E-state index in [2.05, 4.69) is 15.3 Å². The summed E-state index contributed by atoms with van der Waals surface area (Å²) in [6.45, 7) is 6.19. The van der Waals surface area contributed by atoms with E-state index in [-0.39, 0.29) is 18.0 Å². The van der Waals surface area contributed by atoms with E-state index >= 15 is 0 Å². The number of ether oxygens (including phenoxy) is 2. The maximum Gasteiger partial charge on any atom is 0.237 e. The molecule has 1 aromatic heterocycles. The first-order valence-electron chi connectivity index (χ1n) is 8.61. The summed E-state index contributed by atoms with van der Waals surface area (Å²) in [5.74, 6) is 0.857. The molecule has 0 aromatic carbocycles. The molecular weight excluding hydrogens is 308 g/mol. The fourth-order valence-electron chi connectivity index (χ4n) is 3.57. The second-order valence-electron chi connectivity index (χ2n) is 6.34. The lowest BCUT2D eigenvalue weighted by molar-refractivity contribution is -0.126. The Morgan fingerprint density at radius 1 is 1.46 bits per heavy atom. The fraction of sp³-hybridized carbons (Fsp3) is 0.765. The first-order valence-corrected chi connectivity index (χ1v) is 8.61. The van der Waals surface area contributed by atoms with Gasteiger partial charge in [0.05, 0.1) is 24.4 Å². The summed E-state index contributed by atoms with van der Waals surface area (Å²) in [4.78, 5) is 14.7. The Kier molecular flexibility index (Phi) is 6.62. The predicted octanol–water partition coefficient (Wildman–Crippen LogP) is 1.42. The molecular formula is C17H30N4O3. The Hall–Kier alpha value is -1.60. The molecule has 7 nitrogen and oxygen atoms in total. The number of rotatable bonds is 8. The summed E-state index contributed by atoms with van der Waals surface area (Å²) >= 11 is 0. The quantitative estimate of drug-likeness (QED) is 0.726. The third-order valence-electron chi connectivity index (χ3n) is 4.74. The van der Waals surface area contributed by atoms with E-state index in [9.17, 15) is 4.79 Å². The Morgan fingerprint density at radius 3 is 2.88 bits per heavy atom. The molecule has 0 radical (unpaired) electrons. The third kappa shape index (κ3) is 3.89. The molecule has 2 atom stereocenters. The van der Waals surface area contributed by atoms with Gasteiger partial charge in [-0.05, 0) is 39.7 Å². The van der Waals surface area contributed by atoms with Crippen LogP contribution in [0.2, 0.25) is 0 Å². The predicted molar refractivity (Wildman–Crippen MR) is 92.1 cm³/mol. The van der Waals surface area contributed by atoms with Crippen molar-refractivity contribution in [1.82, 2.24) is 20.0 Å². The highest BCUT2D eigenvalue weighted by Gasteiger charge is 2.36. The van der Waals surface area contributed by atoms with Crippen molar-refractivity contribution in [2.24, 2.45) is 7.05 Å². The Balaban J connectivity index is 2.09. The zero-order valence-corrected chi connectivity index (χ0v) is 15.5. The molecule has 0 aliphatic carbocycles. The number of aromatic nitrogens is 2. The molecule has 0 unspecified atom stereocenters. The minimum Gasteiger partial charge on any atom is -0.481 e. The van der Waals surface area contributed by atoms with Crippen LogP contribution in [0.1, 0.15) is 43.5 Å². The highest BCUT2D eigenvalue weighted by molar-refractivity contribution is 5.81. The number of methoxy groups -OCH3 is 2. The van der Waals surface area contributed by atoms with Crippen molar-refractivity contribution in [2.45, 2.75) is 45.2 Å². The maximum atomic E-state index is 12.5. The number of likely N-dealkylation sites (tertiary alicyclic amines) is 1. The van der Waals surface area contributed by atoms with Gasteiger partial charge in [-0.15, -0.1) is 0 Å². The largest absolute Gasteiger partial charge is 0.481 e. The van der Waals surface area contributed by atoms with Crippen LogP contribution >= 0.6 is 0 Å². The number of amides is 1. The number of hydrogen-bond donors (Lipinski definition) is 1. The SMILES string of the molecule is COCCCNC(=O)[C@@H](C)N1CCC[C@H]1c1c(C)nn(C)c1OC. The minimum atomic E-state index is -0.177. The molecule has 1 fully saturated rings. The fourth-order valence-corrected chi connectivity index (χ4v) is 3.57. The highest BCUT2D eigenvalue weighted by atomic mass is 16.5. The van der Waals surface area contributed by atoms with Gasteiger partial charge >= 0.3 is 0 Å². The van der Waals surface area contributed by atoms with Gasteiger partial charge in [0.25, 0.3) is 0 Å². The lowest BCUT2D eigenvalue weighted by Gasteiger charge is -2.30. The van der Waals surface area contributed by atoms with E-state index in [1.54, 1.807) is 18.9 Å². The van der Waals surface area contributed by atoms with Gasteiger partial charge in [0, 0.05) is 33.4 Å². The number of hydrogen-bond acceptors (Lipinski definition) is 5. The van der Waals surface area contributed by atoms with Crippen LogP contribution in [0.25, 0.3) is 0 Å². The van der Waals surface area contributed by atoms with Crippen LogP contribution < -0.4 is 10.1 Å². The molecule has 136 valence electrons. The first kappa shape index (κ1) is 18.7. The molecule has 24 heavy (non-hydrogen) atoms. The highest BCUT2D eigenvalue weighted by Crippen LogP contribution is 2.39. The molecule has 0 saturated carbocycles. The van der Waals surface area contributed by atoms with E-state index in [4.69, 9.17) is 9.47 Å². The summed E-state index contributed by atoms with van der Waals surface area (Å²) in [6.07, 6.45) is 2.92. The minimum absolute atomic E-state index is 0.0681. The number of nitrogens with one attached hydrogen (secondary N) is 1. The van der Waals surface area contributed by atoms with Crippen molar-refractivity contribution in [2.75, 3.05) is 33.9 Å². The van der Waals surface area contributed by atoms with E-state index in [0.29, 0.717) is 13.2 Å². The second kappa shape index (κ2) is 8.48. The van der Waals surface area contributed by atoms with Crippen LogP contribution in [0.5, 0.6) is 5.88 Å². The summed E-state index contributed by atoms with van der Waals surface area (Å²) in [5, 5.41) is 7.49. The zero-order chi connectivity index (χ0) is 17.7. The lowest BCUT2D eigenvalue weighted by Crippen LogP contribution is -2.45. The van der Waals surface area contributed by atoms with Gasteiger partial charge in [-0.1, -0.05) is 0 Å². The van der Waals surface area contributed by atoms with Crippen molar-refractivity contribution in [3.63, 3.8) is 0 Å². The molecule has 7 heteroatoms. The van der Waals surface area contributed by atoms with Gasteiger partial charge < -0.3 is 14.8 Å². The molecule has 2 rings (SSSR count). The van der Waals surface area contributed by atoms with Gasteiger partial charge in [-0.3, -0.25) is 9.69 Å². The molecule has 2 heterocycles.